The molecule has 0 atom stereocenters. The van der Waals surface area contributed by atoms with Crippen LogP contribution in [0.1, 0.15) is 18.9 Å². The number of fused-ring (bicyclic) bond motifs is 4. The van der Waals surface area contributed by atoms with Gasteiger partial charge >= 0.3 is 6.03 Å². The molecule has 0 saturated carbocycles. The average Bonchev–Trinajstić information content (AvgIpc) is 2.78. The van der Waals surface area contributed by atoms with E-state index >= 15 is 0 Å². The molecule has 4 rings (SSSR count). The van der Waals surface area contributed by atoms with Crippen LogP contribution in [0.3, 0.4) is 0 Å². The maximum atomic E-state index is 12.3. The zero-order valence-electron chi connectivity index (χ0n) is 17.9. The van der Waals surface area contributed by atoms with Crippen LogP contribution in [0.15, 0.2) is 53.5 Å². The monoisotopic (exact) mass is 453 g/mol. The van der Waals surface area contributed by atoms with Crippen LogP contribution in [0.5, 0.6) is 17.2 Å². The lowest BCUT2D eigenvalue weighted by molar-refractivity contribution is 0.252. The molecule has 0 saturated heterocycles. The van der Waals surface area contributed by atoms with Crippen LogP contribution in [0.4, 0.5) is 10.5 Å². The molecule has 0 aliphatic carbocycles. The number of anilines is 1. The summed E-state index contributed by atoms with van der Waals surface area (Å²) in [6.45, 7) is 2.79. The van der Waals surface area contributed by atoms with Crippen LogP contribution in [0.2, 0.25) is 5.02 Å². The fourth-order valence-corrected chi connectivity index (χ4v) is 3.78. The van der Waals surface area contributed by atoms with Gasteiger partial charge in [-0.2, -0.15) is 0 Å². The molecule has 32 heavy (non-hydrogen) atoms. The molecule has 0 fully saturated rings. The summed E-state index contributed by atoms with van der Waals surface area (Å²) in [5, 5.41) is 6.17. The number of carbonyl (C=O) groups excluding carboxylic acids is 1. The zero-order chi connectivity index (χ0) is 22.7. The summed E-state index contributed by atoms with van der Waals surface area (Å²) in [6, 6.07) is 12.1. The van der Waals surface area contributed by atoms with E-state index in [4.69, 9.17) is 21.1 Å². The van der Waals surface area contributed by atoms with Crippen molar-refractivity contribution in [2.75, 3.05) is 18.5 Å². The van der Waals surface area contributed by atoms with E-state index in [-0.39, 0.29) is 11.6 Å². The van der Waals surface area contributed by atoms with Gasteiger partial charge < -0.3 is 24.7 Å². The fraction of sp³-hybridized carbons (Fsp3) is 0.250. The van der Waals surface area contributed by atoms with Crippen molar-refractivity contribution in [3.8, 4) is 28.4 Å². The molecule has 2 aromatic carbocycles. The van der Waals surface area contributed by atoms with E-state index in [0.29, 0.717) is 58.7 Å². The van der Waals surface area contributed by atoms with Crippen LogP contribution in [-0.4, -0.2) is 23.7 Å². The van der Waals surface area contributed by atoms with Gasteiger partial charge in [-0.3, -0.25) is 4.79 Å². The number of nitrogens with one attached hydrogen (secondary N) is 2. The van der Waals surface area contributed by atoms with Crippen molar-refractivity contribution < 1.29 is 14.3 Å². The number of halogens is 1. The topological polar surface area (TPSA) is 81.6 Å². The van der Waals surface area contributed by atoms with Gasteiger partial charge in [0.2, 0.25) is 0 Å². The number of hydrogen-bond donors (Lipinski definition) is 2. The molecule has 1 aliphatic rings. The number of rotatable bonds is 2. The minimum absolute atomic E-state index is 0.173. The lowest BCUT2D eigenvalue weighted by Gasteiger charge is -2.17. The molecule has 2 amide bonds. The predicted molar refractivity (Wildman–Crippen MR) is 125 cm³/mol. The molecule has 1 aromatic heterocycles. The first-order chi connectivity index (χ1) is 15.4. The van der Waals surface area contributed by atoms with Gasteiger partial charge in [0.05, 0.1) is 6.61 Å². The van der Waals surface area contributed by atoms with Gasteiger partial charge in [0.1, 0.15) is 17.2 Å². The third-order valence-corrected chi connectivity index (χ3v) is 5.38. The van der Waals surface area contributed by atoms with Gasteiger partial charge in [0.25, 0.3) is 5.56 Å². The highest BCUT2D eigenvalue weighted by Crippen LogP contribution is 2.41. The molecule has 8 heteroatoms. The number of benzene rings is 2. The number of nitrogens with zero attached hydrogens (tertiary/aromatic N) is 1. The number of carbonyl (C=O) groups is 1. The predicted octanol–water partition coefficient (Wildman–Crippen LogP) is 4.96. The second-order valence-corrected chi connectivity index (χ2v) is 7.94. The number of aromatic nitrogens is 1. The first-order valence-corrected chi connectivity index (χ1v) is 10.8. The number of pyridine rings is 1. The van der Waals surface area contributed by atoms with Gasteiger partial charge in [0, 0.05) is 47.7 Å². The number of aryl methyl sites for hydroxylation is 2. The second-order valence-electron chi connectivity index (χ2n) is 7.50. The summed E-state index contributed by atoms with van der Waals surface area (Å²) in [5.74, 6) is 1.74. The van der Waals surface area contributed by atoms with E-state index in [1.807, 2.05) is 25.1 Å². The highest BCUT2D eigenvalue weighted by atomic mass is 35.5. The van der Waals surface area contributed by atoms with Gasteiger partial charge in [-0.25, -0.2) is 4.79 Å². The summed E-state index contributed by atoms with van der Waals surface area (Å²) in [4.78, 5) is 24.3. The third-order valence-electron chi connectivity index (χ3n) is 5.15. The van der Waals surface area contributed by atoms with Crippen molar-refractivity contribution in [3.63, 3.8) is 0 Å². The van der Waals surface area contributed by atoms with E-state index in [1.165, 1.54) is 10.6 Å². The van der Waals surface area contributed by atoms with Crippen molar-refractivity contribution in [1.82, 2.24) is 9.88 Å². The molecule has 0 spiro atoms. The lowest BCUT2D eigenvalue weighted by atomic mass is 10.0. The molecular weight excluding hydrogens is 430 g/mol. The fourth-order valence-electron chi connectivity index (χ4n) is 3.58. The summed E-state index contributed by atoms with van der Waals surface area (Å²) in [7, 11) is 1.68. The van der Waals surface area contributed by atoms with Crippen LogP contribution in [0.25, 0.3) is 11.1 Å². The van der Waals surface area contributed by atoms with E-state index in [0.717, 1.165) is 12.0 Å². The summed E-state index contributed by atoms with van der Waals surface area (Å²) < 4.78 is 13.8. The van der Waals surface area contributed by atoms with Crippen LogP contribution in [0, 0.1) is 0 Å². The average molecular weight is 454 g/mol. The standard InChI is InChI=1S/C24H24ClN3O4/c1-3-26-24(30)27-17-7-9-21-18(12-17)19-14-28(2)23(29)13-22(19)31-10-4-5-15-11-16(25)6-8-20(15)32-21/h6-9,11-14H,3-5,10H2,1-2H3,(H2,26,27,30). The van der Waals surface area contributed by atoms with Gasteiger partial charge in [-0.15, -0.1) is 0 Å². The summed E-state index contributed by atoms with van der Waals surface area (Å²) in [5.41, 5.74) is 2.77. The molecule has 0 radical (unpaired) electrons. The SMILES string of the molecule is CCNC(=O)Nc1ccc2c(c1)-c1cn(C)c(=O)cc1OCCCc1cc(Cl)ccc1O2. The quantitative estimate of drug-likeness (QED) is 0.574. The van der Waals surface area contributed by atoms with Crippen molar-refractivity contribution in [2.45, 2.75) is 19.8 Å². The number of urea groups is 1. The van der Waals surface area contributed by atoms with E-state index in [2.05, 4.69) is 10.6 Å². The van der Waals surface area contributed by atoms with Gasteiger partial charge in [0.15, 0.2) is 0 Å². The largest absolute Gasteiger partial charge is 0.493 e. The van der Waals surface area contributed by atoms with Gasteiger partial charge in [-0.05, 0) is 61.7 Å². The molecule has 166 valence electrons. The van der Waals surface area contributed by atoms with Crippen LogP contribution in [-0.2, 0) is 13.5 Å². The van der Waals surface area contributed by atoms with Crippen LogP contribution < -0.4 is 25.7 Å². The number of amides is 2. The zero-order valence-corrected chi connectivity index (χ0v) is 18.7. The van der Waals surface area contributed by atoms with E-state index in [9.17, 15) is 9.59 Å². The smallest absolute Gasteiger partial charge is 0.319 e. The third kappa shape index (κ3) is 4.73. The summed E-state index contributed by atoms with van der Waals surface area (Å²) in [6.07, 6.45) is 3.16. The Hall–Kier alpha value is -3.45. The second kappa shape index (κ2) is 9.36. The molecule has 1 aliphatic heterocycles. The molecule has 2 heterocycles. The number of ether oxygens (including phenoxy) is 2. The summed E-state index contributed by atoms with van der Waals surface area (Å²) >= 11 is 6.21. The van der Waals surface area contributed by atoms with Crippen molar-refractivity contribution in [1.29, 1.82) is 0 Å². The van der Waals surface area contributed by atoms with Crippen molar-refractivity contribution in [2.24, 2.45) is 7.05 Å². The van der Waals surface area contributed by atoms with Gasteiger partial charge in [-0.1, -0.05) is 11.6 Å². The van der Waals surface area contributed by atoms with Crippen molar-refractivity contribution in [3.05, 3.63) is 69.6 Å². The minimum atomic E-state index is -0.304. The maximum absolute atomic E-state index is 12.3. The highest BCUT2D eigenvalue weighted by Gasteiger charge is 2.19. The lowest BCUT2D eigenvalue weighted by Crippen LogP contribution is -2.28. The number of hydrogen-bond acceptors (Lipinski definition) is 4. The Morgan fingerprint density at radius 1 is 1.09 bits per heavy atom. The minimum Gasteiger partial charge on any atom is -0.493 e. The Balaban J connectivity index is 1.87. The van der Waals surface area contributed by atoms with Crippen LogP contribution >= 0.6 is 11.6 Å². The first-order valence-electron chi connectivity index (χ1n) is 10.4. The van der Waals surface area contributed by atoms with E-state index < -0.39 is 0 Å². The Bertz CT molecular complexity index is 1220. The Kier molecular flexibility index (Phi) is 6.37. The highest BCUT2D eigenvalue weighted by molar-refractivity contribution is 6.30. The Morgan fingerprint density at radius 2 is 1.91 bits per heavy atom. The molecule has 2 N–H and O–H groups in total. The maximum Gasteiger partial charge on any atom is 0.319 e. The Morgan fingerprint density at radius 3 is 2.72 bits per heavy atom. The molecule has 0 unspecified atom stereocenters. The molecule has 7 nitrogen and oxygen atoms in total. The normalized spacial score (nSPS) is 12.7. The van der Waals surface area contributed by atoms with E-state index in [1.54, 1.807) is 31.4 Å². The Labute approximate surface area is 190 Å². The molecule has 3 aromatic rings. The first kappa shape index (κ1) is 21.8. The van der Waals surface area contributed by atoms with Crippen molar-refractivity contribution >= 4 is 23.3 Å². The molecule has 0 bridgehead atoms. The molecular formula is C24H24ClN3O4.